The van der Waals surface area contributed by atoms with Gasteiger partial charge in [-0.15, -0.1) is 38.0 Å². The largest absolute Gasteiger partial charge is 0.573 e. The van der Waals surface area contributed by atoms with Crippen LogP contribution in [0.15, 0.2) is 42.5 Å². The molecule has 3 nitrogen and oxygen atoms in total. The summed E-state index contributed by atoms with van der Waals surface area (Å²) in [4.78, 5) is 2.04. The zero-order chi connectivity index (χ0) is 21.2. The van der Waals surface area contributed by atoms with Gasteiger partial charge >= 0.3 is 12.5 Å². The van der Waals surface area contributed by atoms with Gasteiger partial charge in [0.25, 0.3) is 0 Å². The SMILES string of the molecule is Cl.Cl.FC(F)(F)Oc1ccc([C@@H](c2ccc(C(F)(F)F)c(Cl)c2)N2CCNCC2)cc1. The molecular formula is C19H19Cl3F6N2O. The molecule has 174 valence electrons. The number of rotatable bonds is 4. The van der Waals surface area contributed by atoms with Crippen LogP contribution in [0.4, 0.5) is 26.3 Å². The van der Waals surface area contributed by atoms with E-state index in [1.807, 2.05) is 4.90 Å². The van der Waals surface area contributed by atoms with Crippen molar-refractivity contribution in [3.05, 3.63) is 64.2 Å². The van der Waals surface area contributed by atoms with Crippen LogP contribution in [0.3, 0.4) is 0 Å². The fourth-order valence-electron chi connectivity index (χ4n) is 3.34. The van der Waals surface area contributed by atoms with E-state index in [1.54, 1.807) is 0 Å². The first-order chi connectivity index (χ1) is 13.5. The molecule has 0 amide bonds. The first-order valence-electron chi connectivity index (χ1n) is 8.72. The van der Waals surface area contributed by atoms with Crippen LogP contribution < -0.4 is 10.1 Å². The minimum Gasteiger partial charge on any atom is -0.406 e. The second-order valence-electron chi connectivity index (χ2n) is 6.54. The smallest absolute Gasteiger partial charge is 0.406 e. The summed E-state index contributed by atoms with van der Waals surface area (Å²) in [6.45, 7) is 2.59. The van der Waals surface area contributed by atoms with Gasteiger partial charge in [-0.2, -0.15) is 13.2 Å². The Morgan fingerprint density at radius 2 is 1.42 bits per heavy atom. The van der Waals surface area contributed by atoms with E-state index >= 15 is 0 Å². The van der Waals surface area contributed by atoms with Gasteiger partial charge in [-0.05, 0) is 35.4 Å². The molecule has 0 spiro atoms. The van der Waals surface area contributed by atoms with Gasteiger partial charge in [0, 0.05) is 26.2 Å². The quantitative estimate of drug-likeness (QED) is 0.503. The van der Waals surface area contributed by atoms with Crippen molar-refractivity contribution < 1.29 is 31.1 Å². The molecule has 31 heavy (non-hydrogen) atoms. The Labute approximate surface area is 192 Å². The number of ether oxygens (including phenoxy) is 1. The lowest BCUT2D eigenvalue weighted by Gasteiger charge is -2.36. The van der Waals surface area contributed by atoms with Crippen LogP contribution in [0.25, 0.3) is 0 Å². The second kappa shape index (κ2) is 11.0. The molecule has 0 aromatic heterocycles. The van der Waals surface area contributed by atoms with Crippen molar-refractivity contribution in [3.63, 3.8) is 0 Å². The molecule has 1 N–H and O–H groups in total. The lowest BCUT2D eigenvalue weighted by atomic mass is 9.95. The highest BCUT2D eigenvalue weighted by atomic mass is 35.5. The number of nitrogens with zero attached hydrogens (tertiary/aromatic N) is 1. The highest BCUT2D eigenvalue weighted by Crippen LogP contribution is 2.38. The van der Waals surface area contributed by atoms with Crippen LogP contribution in [0.2, 0.25) is 5.02 Å². The highest BCUT2D eigenvalue weighted by Gasteiger charge is 2.34. The summed E-state index contributed by atoms with van der Waals surface area (Å²) < 4.78 is 80.2. The average molecular weight is 512 g/mol. The Morgan fingerprint density at radius 3 is 1.90 bits per heavy atom. The third-order valence-electron chi connectivity index (χ3n) is 4.56. The summed E-state index contributed by atoms with van der Waals surface area (Å²) in [5.41, 5.74) is 0.211. The number of nitrogens with one attached hydrogen (secondary N) is 1. The van der Waals surface area contributed by atoms with E-state index < -0.39 is 29.2 Å². The number of piperazine rings is 1. The Bertz CT molecular complexity index is 840. The van der Waals surface area contributed by atoms with Gasteiger partial charge in [-0.25, -0.2) is 0 Å². The summed E-state index contributed by atoms with van der Waals surface area (Å²) in [7, 11) is 0. The van der Waals surface area contributed by atoms with Crippen molar-refractivity contribution in [1.29, 1.82) is 0 Å². The Hall–Kier alpha value is -1.39. The second-order valence-corrected chi connectivity index (χ2v) is 6.95. The van der Waals surface area contributed by atoms with Gasteiger partial charge in [0.2, 0.25) is 0 Å². The lowest BCUT2D eigenvalue weighted by Crippen LogP contribution is -2.45. The minimum atomic E-state index is -4.81. The number of hydrogen-bond donors (Lipinski definition) is 1. The summed E-state index contributed by atoms with van der Waals surface area (Å²) in [5, 5.41) is 2.76. The zero-order valence-electron chi connectivity index (χ0n) is 15.8. The van der Waals surface area contributed by atoms with Crippen molar-refractivity contribution in [2.24, 2.45) is 0 Å². The van der Waals surface area contributed by atoms with E-state index in [0.717, 1.165) is 6.07 Å². The summed E-state index contributed by atoms with van der Waals surface area (Å²) in [6.07, 6.45) is -9.38. The maximum Gasteiger partial charge on any atom is 0.573 e. The molecule has 1 aliphatic rings. The molecule has 2 aromatic carbocycles. The zero-order valence-corrected chi connectivity index (χ0v) is 18.2. The lowest BCUT2D eigenvalue weighted by molar-refractivity contribution is -0.274. The van der Waals surface area contributed by atoms with Crippen LogP contribution in [-0.2, 0) is 6.18 Å². The Balaban J connectivity index is 0.00000240. The monoisotopic (exact) mass is 510 g/mol. The van der Waals surface area contributed by atoms with E-state index in [-0.39, 0.29) is 30.6 Å². The van der Waals surface area contributed by atoms with E-state index in [0.29, 0.717) is 37.3 Å². The summed E-state index contributed by atoms with van der Waals surface area (Å²) in [6, 6.07) is 8.38. The van der Waals surface area contributed by atoms with Gasteiger partial charge in [0.15, 0.2) is 0 Å². The predicted molar refractivity (Wildman–Crippen MR) is 110 cm³/mol. The first-order valence-corrected chi connectivity index (χ1v) is 9.09. The third-order valence-corrected chi connectivity index (χ3v) is 4.87. The first kappa shape index (κ1) is 27.6. The van der Waals surface area contributed by atoms with Crippen LogP contribution in [0.1, 0.15) is 22.7 Å². The molecule has 0 aliphatic carbocycles. The molecule has 1 heterocycles. The minimum absolute atomic E-state index is 0. The summed E-state index contributed by atoms with van der Waals surface area (Å²) in [5.74, 6) is -0.370. The van der Waals surface area contributed by atoms with E-state index in [2.05, 4.69) is 10.1 Å². The van der Waals surface area contributed by atoms with Crippen molar-refractivity contribution >= 4 is 36.4 Å². The molecule has 1 atom stereocenters. The third kappa shape index (κ3) is 7.32. The number of hydrogen-bond acceptors (Lipinski definition) is 3. The van der Waals surface area contributed by atoms with Gasteiger partial charge in [0.1, 0.15) is 5.75 Å². The normalized spacial score (nSPS) is 16.1. The van der Waals surface area contributed by atoms with Crippen molar-refractivity contribution in [2.45, 2.75) is 18.6 Å². The van der Waals surface area contributed by atoms with Crippen LogP contribution in [-0.4, -0.2) is 37.4 Å². The molecule has 1 fully saturated rings. The predicted octanol–water partition coefficient (Wildman–Crippen LogP) is 6.10. The molecule has 0 saturated carbocycles. The van der Waals surface area contributed by atoms with Gasteiger partial charge in [-0.3, -0.25) is 4.90 Å². The molecule has 1 saturated heterocycles. The number of benzene rings is 2. The highest BCUT2D eigenvalue weighted by molar-refractivity contribution is 6.31. The summed E-state index contributed by atoms with van der Waals surface area (Å²) >= 11 is 5.89. The Morgan fingerprint density at radius 1 is 0.871 bits per heavy atom. The number of alkyl halides is 6. The molecule has 2 aromatic rings. The van der Waals surface area contributed by atoms with Crippen LogP contribution in [0, 0.1) is 0 Å². The fraction of sp³-hybridized carbons (Fsp3) is 0.368. The van der Waals surface area contributed by atoms with Crippen molar-refractivity contribution in [2.75, 3.05) is 26.2 Å². The standard InChI is InChI=1S/C19H17ClF6N2O.2ClH/c20-16-11-13(3-6-15(16)18(21,22)23)17(28-9-7-27-8-10-28)12-1-4-14(5-2-12)29-19(24,25)26;;/h1-6,11,17,27H,7-10H2;2*1H/t17-;;/m0../s1. The molecular weight excluding hydrogens is 493 g/mol. The molecule has 1 aliphatic heterocycles. The van der Waals surface area contributed by atoms with Crippen LogP contribution >= 0.6 is 36.4 Å². The molecule has 0 radical (unpaired) electrons. The molecule has 12 heteroatoms. The molecule has 3 rings (SSSR count). The molecule has 0 bridgehead atoms. The average Bonchev–Trinajstić information content (AvgIpc) is 2.62. The van der Waals surface area contributed by atoms with Crippen LogP contribution in [0.5, 0.6) is 5.75 Å². The van der Waals surface area contributed by atoms with Gasteiger partial charge in [-0.1, -0.05) is 29.8 Å². The van der Waals surface area contributed by atoms with Crippen molar-refractivity contribution in [1.82, 2.24) is 10.2 Å². The number of halogens is 9. The maximum absolute atomic E-state index is 13.0. The van der Waals surface area contributed by atoms with E-state index in [1.165, 1.54) is 36.4 Å². The topological polar surface area (TPSA) is 24.5 Å². The fourth-order valence-corrected chi connectivity index (χ4v) is 3.63. The molecule has 0 unspecified atom stereocenters. The van der Waals surface area contributed by atoms with Gasteiger partial charge < -0.3 is 10.1 Å². The Kier molecular flexibility index (Phi) is 9.77. The van der Waals surface area contributed by atoms with Gasteiger partial charge in [0.05, 0.1) is 16.6 Å². The van der Waals surface area contributed by atoms with E-state index in [9.17, 15) is 26.3 Å². The maximum atomic E-state index is 13.0. The van der Waals surface area contributed by atoms with Crippen molar-refractivity contribution in [3.8, 4) is 5.75 Å². The van der Waals surface area contributed by atoms with E-state index in [4.69, 9.17) is 11.6 Å².